The Morgan fingerprint density at radius 2 is 1.56 bits per heavy atom. The Balaban J connectivity index is 1.72. The lowest BCUT2D eigenvalue weighted by molar-refractivity contribution is 0.0692. The maximum absolute atomic E-state index is 13.7. The summed E-state index contributed by atoms with van der Waals surface area (Å²) in [4.78, 5) is 13.9. The molecule has 0 N–H and O–H groups in total. The van der Waals surface area contributed by atoms with Crippen molar-refractivity contribution >= 4 is 15.9 Å². The molecule has 3 rings (SSSR count). The Kier molecular flexibility index (Phi) is 4.82. The Morgan fingerprint density at radius 1 is 0.920 bits per heavy atom. The summed E-state index contributed by atoms with van der Waals surface area (Å²) in [7, 11) is -3.63. The fourth-order valence-corrected chi connectivity index (χ4v) is 4.15. The quantitative estimate of drug-likeness (QED) is 0.836. The van der Waals surface area contributed by atoms with E-state index in [0.717, 1.165) is 18.2 Å². The van der Waals surface area contributed by atoms with Crippen LogP contribution in [0.25, 0.3) is 0 Å². The maximum atomic E-state index is 13.7. The van der Waals surface area contributed by atoms with Crippen molar-refractivity contribution in [2.24, 2.45) is 0 Å². The van der Waals surface area contributed by atoms with Gasteiger partial charge < -0.3 is 4.90 Å². The highest BCUT2D eigenvalue weighted by Crippen LogP contribution is 2.19. The number of carbonyl (C=O) groups is 1. The van der Waals surface area contributed by atoms with E-state index in [-0.39, 0.29) is 36.6 Å². The molecule has 2 aromatic rings. The number of amides is 1. The van der Waals surface area contributed by atoms with Gasteiger partial charge in [0, 0.05) is 26.2 Å². The third-order valence-electron chi connectivity index (χ3n) is 4.07. The lowest BCUT2D eigenvalue weighted by Crippen LogP contribution is -2.50. The number of benzene rings is 2. The van der Waals surface area contributed by atoms with Crippen molar-refractivity contribution in [2.75, 3.05) is 26.2 Å². The van der Waals surface area contributed by atoms with E-state index in [4.69, 9.17) is 0 Å². The van der Waals surface area contributed by atoms with Crippen LogP contribution in [0, 0.1) is 11.6 Å². The monoisotopic (exact) mass is 366 g/mol. The van der Waals surface area contributed by atoms with E-state index in [0.29, 0.717) is 0 Å². The SMILES string of the molecule is O=C(c1cc(F)ccc1F)N1CCN(S(=O)(=O)c2ccccc2)CC1. The molecular weight excluding hydrogens is 350 g/mol. The second kappa shape index (κ2) is 6.89. The van der Waals surface area contributed by atoms with Gasteiger partial charge in [0.2, 0.25) is 10.0 Å². The Labute approximate surface area is 144 Å². The van der Waals surface area contributed by atoms with Gasteiger partial charge in [-0.1, -0.05) is 18.2 Å². The normalized spacial score (nSPS) is 16.0. The summed E-state index contributed by atoms with van der Waals surface area (Å²) in [6.07, 6.45) is 0. The van der Waals surface area contributed by atoms with Gasteiger partial charge >= 0.3 is 0 Å². The van der Waals surface area contributed by atoms with Crippen molar-refractivity contribution in [3.05, 3.63) is 65.7 Å². The van der Waals surface area contributed by atoms with Gasteiger partial charge in [-0.15, -0.1) is 0 Å². The van der Waals surface area contributed by atoms with Crippen molar-refractivity contribution in [1.29, 1.82) is 0 Å². The number of hydrogen-bond donors (Lipinski definition) is 0. The highest BCUT2D eigenvalue weighted by atomic mass is 32.2. The van der Waals surface area contributed by atoms with E-state index >= 15 is 0 Å². The molecule has 2 aromatic carbocycles. The zero-order chi connectivity index (χ0) is 18.0. The highest BCUT2D eigenvalue weighted by molar-refractivity contribution is 7.89. The van der Waals surface area contributed by atoms with E-state index in [1.54, 1.807) is 18.2 Å². The molecule has 1 fully saturated rings. The fraction of sp³-hybridized carbons (Fsp3) is 0.235. The van der Waals surface area contributed by atoms with Crippen LogP contribution < -0.4 is 0 Å². The number of piperazine rings is 1. The number of halogens is 2. The van der Waals surface area contributed by atoms with Crippen molar-refractivity contribution in [3.63, 3.8) is 0 Å². The maximum Gasteiger partial charge on any atom is 0.257 e. The molecule has 5 nitrogen and oxygen atoms in total. The Hall–Kier alpha value is -2.32. The average Bonchev–Trinajstić information content (AvgIpc) is 2.64. The van der Waals surface area contributed by atoms with E-state index in [9.17, 15) is 22.0 Å². The molecule has 0 unspecified atom stereocenters. The van der Waals surface area contributed by atoms with Gasteiger partial charge in [0.1, 0.15) is 11.6 Å². The van der Waals surface area contributed by atoms with E-state index in [2.05, 4.69) is 0 Å². The van der Waals surface area contributed by atoms with Gasteiger partial charge in [-0.3, -0.25) is 4.79 Å². The molecule has 0 bridgehead atoms. The predicted molar refractivity (Wildman–Crippen MR) is 87.5 cm³/mol. The smallest absolute Gasteiger partial charge is 0.257 e. The summed E-state index contributed by atoms with van der Waals surface area (Å²) in [6.45, 7) is 0.418. The minimum atomic E-state index is -3.63. The summed E-state index contributed by atoms with van der Waals surface area (Å²) in [5, 5.41) is 0. The molecule has 1 heterocycles. The molecule has 0 saturated carbocycles. The first kappa shape index (κ1) is 17.5. The molecule has 1 amide bonds. The van der Waals surface area contributed by atoms with Crippen LogP contribution in [0.3, 0.4) is 0 Å². The first-order chi connectivity index (χ1) is 11.9. The minimum Gasteiger partial charge on any atom is -0.336 e. The fourth-order valence-electron chi connectivity index (χ4n) is 2.70. The largest absolute Gasteiger partial charge is 0.336 e. The summed E-state index contributed by atoms with van der Waals surface area (Å²) >= 11 is 0. The predicted octanol–water partition coefficient (Wildman–Crippen LogP) is 2.11. The number of rotatable bonds is 3. The Bertz CT molecular complexity index is 880. The van der Waals surface area contributed by atoms with Gasteiger partial charge in [-0.05, 0) is 30.3 Å². The number of sulfonamides is 1. The van der Waals surface area contributed by atoms with Crippen molar-refractivity contribution < 1.29 is 22.0 Å². The van der Waals surface area contributed by atoms with Crippen LogP contribution in [0.15, 0.2) is 53.4 Å². The number of hydrogen-bond acceptors (Lipinski definition) is 3. The van der Waals surface area contributed by atoms with Crippen LogP contribution in [0.2, 0.25) is 0 Å². The van der Waals surface area contributed by atoms with E-state index in [1.807, 2.05) is 0 Å². The third kappa shape index (κ3) is 3.54. The van der Waals surface area contributed by atoms with Crippen molar-refractivity contribution in [1.82, 2.24) is 9.21 Å². The van der Waals surface area contributed by atoms with Gasteiger partial charge in [-0.2, -0.15) is 4.31 Å². The lowest BCUT2D eigenvalue weighted by atomic mass is 10.1. The van der Waals surface area contributed by atoms with Crippen LogP contribution in [0.4, 0.5) is 8.78 Å². The molecule has 1 aliphatic rings. The van der Waals surface area contributed by atoms with Crippen LogP contribution in [0.1, 0.15) is 10.4 Å². The summed E-state index contributed by atoms with van der Waals surface area (Å²) < 4.78 is 53.4. The molecule has 0 spiro atoms. The average molecular weight is 366 g/mol. The molecule has 1 aliphatic heterocycles. The van der Waals surface area contributed by atoms with E-state index in [1.165, 1.54) is 21.3 Å². The summed E-state index contributed by atoms with van der Waals surface area (Å²) in [5.41, 5.74) is -0.348. The summed E-state index contributed by atoms with van der Waals surface area (Å²) in [5.74, 6) is -2.14. The molecule has 0 radical (unpaired) electrons. The van der Waals surface area contributed by atoms with Crippen LogP contribution >= 0.6 is 0 Å². The molecule has 0 atom stereocenters. The van der Waals surface area contributed by atoms with Gasteiger partial charge in [0.25, 0.3) is 5.91 Å². The summed E-state index contributed by atoms with van der Waals surface area (Å²) in [6, 6.07) is 10.7. The zero-order valence-electron chi connectivity index (χ0n) is 13.2. The molecular formula is C17H16F2N2O3S. The van der Waals surface area contributed by atoms with Crippen LogP contribution in [-0.4, -0.2) is 49.7 Å². The Morgan fingerprint density at radius 3 is 2.20 bits per heavy atom. The first-order valence-electron chi connectivity index (χ1n) is 7.69. The topological polar surface area (TPSA) is 57.7 Å². The van der Waals surface area contributed by atoms with Crippen LogP contribution in [-0.2, 0) is 10.0 Å². The minimum absolute atomic E-state index is 0.0971. The van der Waals surface area contributed by atoms with E-state index < -0.39 is 27.6 Å². The molecule has 132 valence electrons. The number of carbonyl (C=O) groups excluding carboxylic acids is 1. The first-order valence-corrected chi connectivity index (χ1v) is 9.13. The zero-order valence-corrected chi connectivity index (χ0v) is 14.0. The molecule has 25 heavy (non-hydrogen) atoms. The highest BCUT2D eigenvalue weighted by Gasteiger charge is 2.31. The van der Waals surface area contributed by atoms with Crippen LogP contribution in [0.5, 0.6) is 0 Å². The third-order valence-corrected chi connectivity index (χ3v) is 5.98. The van der Waals surface area contributed by atoms with Crippen molar-refractivity contribution in [2.45, 2.75) is 4.90 Å². The standard InChI is InChI=1S/C17H16F2N2O3S/c18-13-6-7-16(19)15(12-13)17(22)20-8-10-21(11-9-20)25(23,24)14-4-2-1-3-5-14/h1-7,12H,8-11H2. The molecule has 1 saturated heterocycles. The van der Waals surface area contributed by atoms with Gasteiger partial charge in [-0.25, -0.2) is 17.2 Å². The molecule has 0 aromatic heterocycles. The van der Waals surface area contributed by atoms with Gasteiger partial charge in [0.05, 0.1) is 10.5 Å². The number of nitrogens with zero attached hydrogens (tertiary/aromatic N) is 2. The molecule has 0 aliphatic carbocycles. The van der Waals surface area contributed by atoms with Crippen molar-refractivity contribution in [3.8, 4) is 0 Å². The molecule has 8 heteroatoms. The van der Waals surface area contributed by atoms with Gasteiger partial charge in [0.15, 0.2) is 0 Å². The second-order valence-electron chi connectivity index (χ2n) is 5.63. The second-order valence-corrected chi connectivity index (χ2v) is 7.57. The lowest BCUT2D eigenvalue weighted by Gasteiger charge is -2.34.